The first-order valence-electron chi connectivity index (χ1n) is 7.40. The van der Waals surface area contributed by atoms with E-state index in [0.717, 1.165) is 19.5 Å². The molecule has 1 saturated heterocycles. The van der Waals surface area contributed by atoms with Crippen molar-refractivity contribution in [3.05, 3.63) is 34.9 Å². The quantitative estimate of drug-likeness (QED) is 0.900. The first-order chi connectivity index (χ1) is 8.91. The molecule has 1 heterocycles. The summed E-state index contributed by atoms with van der Waals surface area (Å²) in [5.74, 6) is 0. The molecule has 1 aliphatic rings. The molecule has 1 atom stereocenters. The van der Waals surface area contributed by atoms with Crippen molar-refractivity contribution in [2.45, 2.75) is 58.6 Å². The van der Waals surface area contributed by atoms with Gasteiger partial charge in [-0.1, -0.05) is 23.8 Å². The Hall–Kier alpha value is -0.860. The van der Waals surface area contributed by atoms with Crippen LogP contribution in [0, 0.1) is 13.8 Å². The molecule has 2 nitrogen and oxygen atoms in total. The van der Waals surface area contributed by atoms with Gasteiger partial charge in [0, 0.05) is 12.0 Å². The van der Waals surface area contributed by atoms with E-state index in [-0.39, 0.29) is 11.6 Å². The Bertz CT molecular complexity index is 433. The van der Waals surface area contributed by atoms with Crippen molar-refractivity contribution >= 4 is 0 Å². The summed E-state index contributed by atoms with van der Waals surface area (Å²) in [7, 11) is 0. The van der Waals surface area contributed by atoms with Crippen LogP contribution in [0.3, 0.4) is 0 Å². The van der Waals surface area contributed by atoms with Crippen LogP contribution in [0.4, 0.5) is 0 Å². The molecule has 2 rings (SSSR count). The number of hydrogen-bond donors (Lipinski definition) is 1. The highest BCUT2D eigenvalue weighted by atomic mass is 16.3. The topological polar surface area (TPSA) is 23.5 Å². The number of likely N-dealkylation sites (tertiary alicyclic amines) is 1. The van der Waals surface area contributed by atoms with Crippen molar-refractivity contribution in [1.29, 1.82) is 0 Å². The molecule has 1 aromatic rings. The van der Waals surface area contributed by atoms with E-state index in [1.807, 2.05) is 0 Å². The lowest BCUT2D eigenvalue weighted by Gasteiger charge is -2.39. The van der Waals surface area contributed by atoms with Gasteiger partial charge in [-0.2, -0.15) is 0 Å². The van der Waals surface area contributed by atoms with Crippen molar-refractivity contribution < 1.29 is 5.11 Å². The first-order valence-corrected chi connectivity index (χ1v) is 7.40. The van der Waals surface area contributed by atoms with Crippen molar-refractivity contribution in [2.75, 3.05) is 13.1 Å². The number of rotatable bonds is 4. The van der Waals surface area contributed by atoms with Crippen LogP contribution in [0.2, 0.25) is 0 Å². The zero-order valence-electron chi connectivity index (χ0n) is 12.7. The standard InChI is InChI=1S/C17H27NO/c1-13-7-8-14(2)15(11-13)12-16(19)17(3,4)18-9-5-6-10-18/h7-8,11,16,19H,5-6,9-10,12H2,1-4H3. The summed E-state index contributed by atoms with van der Waals surface area (Å²) >= 11 is 0. The number of aliphatic hydroxyl groups excluding tert-OH is 1. The van der Waals surface area contributed by atoms with Crippen LogP contribution < -0.4 is 0 Å². The van der Waals surface area contributed by atoms with E-state index in [1.54, 1.807) is 0 Å². The molecule has 106 valence electrons. The van der Waals surface area contributed by atoms with Crippen molar-refractivity contribution in [3.8, 4) is 0 Å². The van der Waals surface area contributed by atoms with Crippen molar-refractivity contribution in [3.63, 3.8) is 0 Å². The highest BCUT2D eigenvalue weighted by Gasteiger charge is 2.35. The molecule has 1 fully saturated rings. The summed E-state index contributed by atoms with van der Waals surface area (Å²) in [6, 6.07) is 6.50. The molecule has 1 unspecified atom stereocenters. The van der Waals surface area contributed by atoms with Gasteiger partial charge in [-0.15, -0.1) is 0 Å². The van der Waals surface area contributed by atoms with Gasteiger partial charge in [0.1, 0.15) is 0 Å². The van der Waals surface area contributed by atoms with Crippen molar-refractivity contribution in [2.24, 2.45) is 0 Å². The molecule has 0 aliphatic carbocycles. The van der Waals surface area contributed by atoms with Gasteiger partial charge < -0.3 is 5.11 Å². The highest BCUT2D eigenvalue weighted by Crippen LogP contribution is 2.27. The van der Waals surface area contributed by atoms with Crippen LogP contribution in [-0.4, -0.2) is 34.7 Å². The van der Waals surface area contributed by atoms with E-state index < -0.39 is 0 Å². The summed E-state index contributed by atoms with van der Waals surface area (Å²) in [6.07, 6.45) is 2.96. The maximum Gasteiger partial charge on any atom is 0.0758 e. The zero-order chi connectivity index (χ0) is 14.0. The maximum atomic E-state index is 10.7. The molecule has 1 N–H and O–H groups in total. The Labute approximate surface area is 117 Å². The monoisotopic (exact) mass is 261 g/mol. The van der Waals surface area contributed by atoms with E-state index in [2.05, 4.69) is 50.8 Å². The van der Waals surface area contributed by atoms with Gasteiger partial charge in [-0.05, 0) is 64.8 Å². The minimum absolute atomic E-state index is 0.132. The predicted octanol–water partition coefficient (Wildman–Crippen LogP) is 3.08. The largest absolute Gasteiger partial charge is 0.391 e. The smallest absolute Gasteiger partial charge is 0.0758 e. The summed E-state index contributed by atoms with van der Waals surface area (Å²) in [6.45, 7) is 10.8. The third kappa shape index (κ3) is 3.18. The molecule has 0 radical (unpaired) electrons. The Morgan fingerprint density at radius 1 is 1.21 bits per heavy atom. The average molecular weight is 261 g/mol. The zero-order valence-corrected chi connectivity index (χ0v) is 12.7. The van der Waals surface area contributed by atoms with Crippen LogP contribution in [0.1, 0.15) is 43.4 Å². The van der Waals surface area contributed by atoms with Gasteiger partial charge >= 0.3 is 0 Å². The lowest BCUT2D eigenvalue weighted by Crippen LogP contribution is -2.52. The van der Waals surface area contributed by atoms with E-state index in [1.165, 1.54) is 29.5 Å². The third-order valence-electron chi connectivity index (χ3n) is 4.65. The lowest BCUT2D eigenvalue weighted by atomic mass is 9.88. The second-order valence-corrected chi connectivity index (χ2v) is 6.50. The SMILES string of the molecule is Cc1ccc(C)c(CC(O)C(C)(C)N2CCCC2)c1. The number of benzene rings is 1. The predicted molar refractivity (Wildman–Crippen MR) is 80.5 cm³/mol. The van der Waals surface area contributed by atoms with Crippen LogP contribution in [0.25, 0.3) is 0 Å². The minimum Gasteiger partial charge on any atom is -0.391 e. The molecule has 0 spiro atoms. The second-order valence-electron chi connectivity index (χ2n) is 6.50. The lowest BCUT2D eigenvalue weighted by molar-refractivity contribution is 0.00329. The average Bonchev–Trinajstić information content (AvgIpc) is 2.88. The fourth-order valence-electron chi connectivity index (χ4n) is 2.98. The molecule has 1 aliphatic heterocycles. The molecule has 0 aromatic heterocycles. The first kappa shape index (κ1) is 14.5. The fraction of sp³-hybridized carbons (Fsp3) is 0.647. The molecular formula is C17H27NO. The second kappa shape index (κ2) is 5.64. The normalized spacial score (nSPS) is 18.8. The van der Waals surface area contributed by atoms with E-state index in [9.17, 15) is 5.11 Å². The molecule has 2 heteroatoms. The number of aliphatic hydroxyl groups is 1. The number of hydrogen-bond acceptors (Lipinski definition) is 2. The van der Waals surface area contributed by atoms with E-state index in [0.29, 0.717) is 0 Å². The Balaban J connectivity index is 2.11. The third-order valence-corrected chi connectivity index (χ3v) is 4.65. The fourth-order valence-corrected chi connectivity index (χ4v) is 2.98. The van der Waals surface area contributed by atoms with Gasteiger partial charge in [-0.25, -0.2) is 0 Å². The number of aryl methyl sites for hydroxylation is 2. The van der Waals surface area contributed by atoms with Gasteiger partial charge in [-0.3, -0.25) is 4.90 Å². The highest BCUT2D eigenvalue weighted by molar-refractivity contribution is 5.31. The molecule has 1 aromatic carbocycles. The van der Waals surface area contributed by atoms with Crippen LogP contribution >= 0.6 is 0 Å². The van der Waals surface area contributed by atoms with Crippen LogP contribution in [0.15, 0.2) is 18.2 Å². The van der Waals surface area contributed by atoms with E-state index in [4.69, 9.17) is 0 Å². The van der Waals surface area contributed by atoms with Gasteiger partial charge in [0.05, 0.1) is 6.10 Å². The molecule has 0 amide bonds. The maximum absolute atomic E-state index is 10.7. The molecule has 0 saturated carbocycles. The summed E-state index contributed by atoms with van der Waals surface area (Å²) in [5, 5.41) is 10.7. The summed E-state index contributed by atoms with van der Waals surface area (Å²) < 4.78 is 0. The van der Waals surface area contributed by atoms with E-state index >= 15 is 0 Å². The Morgan fingerprint density at radius 2 is 1.84 bits per heavy atom. The number of nitrogens with zero attached hydrogens (tertiary/aromatic N) is 1. The van der Waals surface area contributed by atoms with Crippen LogP contribution in [-0.2, 0) is 6.42 Å². The van der Waals surface area contributed by atoms with Crippen LogP contribution in [0.5, 0.6) is 0 Å². The Morgan fingerprint density at radius 3 is 2.47 bits per heavy atom. The van der Waals surface area contributed by atoms with Gasteiger partial charge in [0.15, 0.2) is 0 Å². The van der Waals surface area contributed by atoms with Gasteiger partial charge in [0.2, 0.25) is 0 Å². The summed E-state index contributed by atoms with van der Waals surface area (Å²) in [4.78, 5) is 2.43. The molecule has 19 heavy (non-hydrogen) atoms. The Kier molecular flexibility index (Phi) is 4.32. The molecular weight excluding hydrogens is 234 g/mol. The summed E-state index contributed by atoms with van der Waals surface area (Å²) in [5.41, 5.74) is 3.69. The molecule has 0 bridgehead atoms. The minimum atomic E-state index is -0.314. The van der Waals surface area contributed by atoms with Crippen molar-refractivity contribution in [1.82, 2.24) is 4.90 Å². The van der Waals surface area contributed by atoms with Gasteiger partial charge in [0.25, 0.3) is 0 Å².